The molecule has 1 amide bonds. The molecule has 0 radical (unpaired) electrons. The van der Waals surface area contributed by atoms with Gasteiger partial charge in [0.1, 0.15) is 24.1 Å². The summed E-state index contributed by atoms with van der Waals surface area (Å²) in [5.41, 5.74) is 3.71. The summed E-state index contributed by atoms with van der Waals surface area (Å²) >= 11 is 0. The average Bonchev–Trinajstić information content (AvgIpc) is 3.66. The molecule has 12 nitrogen and oxygen atoms in total. The molecule has 0 saturated carbocycles. The molecule has 1 unspecified atom stereocenters. The summed E-state index contributed by atoms with van der Waals surface area (Å²) in [4.78, 5) is 16.3. The van der Waals surface area contributed by atoms with Crippen LogP contribution in [0.3, 0.4) is 0 Å². The Morgan fingerprint density at radius 2 is 1.69 bits per heavy atom. The van der Waals surface area contributed by atoms with Crippen LogP contribution in [0.4, 0.5) is 4.79 Å². The lowest BCUT2D eigenvalue weighted by Gasteiger charge is -2.39. The summed E-state index contributed by atoms with van der Waals surface area (Å²) in [7, 11) is 0.589. The molecule has 2 aliphatic heterocycles. The summed E-state index contributed by atoms with van der Waals surface area (Å²) in [6, 6.07) is 9.18. The number of hydrogen-bond acceptors (Lipinski definition) is 9. The van der Waals surface area contributed by atoms with Crippen LogP contribution in [0.25, 0.3) is 33.4 Å². The molecular formula is C32H44N8O4Si. The predicted octanol–water partition coefficient (Wildman–Crippen LogP) is 5.91. The highest BCUT2D eigenvalue weighted by Crippen LogP contribution is 2.39. The molecule has 3 atom stereocenters. The molecule has 4 aromatic rings. The number of rotatable bonds is 9. The number of carbonyl (C=O) groups is 1. The van der Waals surface area contributed by atoms with Crippen molar-refractivity contribution in [2.45, 2.75) is 103 Å². The van der Waals surface area contributed by atoms with Gasteiger partial charge in [-0.1, -0.05) is 25.7 Å². The molecule has 5 heterocycles. The molecule has 0 aliphatic carbocycles. The van der Waals surface area contributed by atoms with Crippen LogP contribution in [0, 0.1) is 0 Å². The largest absolute Gasteiger partial charge is 0.473 e. The van der Waals surface area contributed by atoms with Crippen LogP contribution in [-0.4, -0.2) is 84.4 Å². The number of benzene rings is 1. The summed E-state index contributed by atoms with van der Waals surface area (Å²) in [6.45, 7) is 13.8. The van der Waals surface area contributed by atoms with E-state index in [2.05, 4.69) is 40.0 Å². The molecule has 0 N–H and O–H groups in total. The van der Waals surface area contributed by atoms with Crippen molar-refractivity contribution >= 4 is 25.1 Å². The van der Waals surface area contributed by atoms with E-state index in [1.54, 1.807) is 18.0 Å². The topological polar surface area (TPSA) is 122 Å². The Morgan fingerprint density at radius 3 is 2.31 bits per heavy atom. The van der Waals surface area contributed by atoms with Gasteiger partial charge in [0.25, 0.3) is 0 Å². The van der Waals surface area contributed by atoms with Gasteiger partial charge in [0, 0.05) is 69.2 Å². The van der Waals surface area contributed by atoms with E-state index in [1.165, 1.54) is 0 Å². The van der Waals surface area contributed by atoms with Crippen molar-refractivity contribution < 1.29 is 19.0 Å². The van der Waals surface area contributed by atoms with E-state index in [0.717, 1.165) is 59.5 Å². The number of ether oxygens (including phenoxy) is 3. The standard InChI is InChI=1S/C32H44N8O4Si/c1-32(2,3)44-31(41)40-21-8-9-22(40)17-23(16-21)43-29-13-12-27(35-36-29)25-11-10-24(28-19-33-38(4)37-28)26-18-34-39(30(25)26)20-42-14-15-45(5,6)7/h10-13,18-19,21-23H,8-9,14-17,20H2,1-7H3/t21-,22+,23?. The number of amides is 1. The molecule has 2 bridgehead atoms. The van der Waals surface area contributed by atoms with Gasteiger partial charge in [0.05, 0.1) is 23.6 Å². The fraction of sp³-hybridized carbons (Fsp3) is 0.562. The van der Waals surface area contributed by atoms with Crippen LogP contribution in [0.5, 0.6) is 5.88 Å². The third-order valence-electron chi connectivity index (χ3n) is 8.38. The van der Waals surface area contributed by atoms with Crippen molar-refractivity contribution in [3.05, 3.63) is 36.7 Å². The van der Waals surface area contributed by atoms with E-state index >= 15 is 0 Å². The minimum Gasteiger partial charge on any atom is -0.473 e. The van der Waals surface area contributed by atoms with Gasteiger partial charge < -0.3 is 19.1 Å². The number of carbonyl (C=O) groups excluding carboxylic acids is 1. The van der Waals surface area contributed by atoms with Crippen molar-refractivity contribution in [2.75, 3.05) is 6.61 Å². The third-order valence-corrected chi connectivity index (χ3v) is 10.1. The molecule has 2 fully saturated rings. The lowest BCUT2D eigenvalue weighted by Crippen LogP contribution is -2.50. The van der Waals surface area contributed by atoms with Crippen LogP contribution in [-0.2, 0) is 23.3 Å². The van der Waals surface area contributed by atoms with Gasteiger partial charge in [-0.2, -0.15) is 20.1 Å². The maximum absolute atomic E-state index is 12.8. The van der Waals surface area contributed by atoms with Gasteiger partial charge in [0.2, 0.25) is 5.88 Å². The number of fused-ring (bicyclic) bond motifs is 3. The first-order chi connectivity index (χ1) is 21.3. The number of piperidine rings is 1. The molecule has 240 valence electrons. The van der Waals surface area contributed by atoms with E-state index < -0.39 is 13.7 Å². The molecule has 45 heavy (non-hydrogen) atoms. The fourth-order valence-electron chi connectivity index (χ4n) is 6.26. The first kappa shape index (κ1) is 31.2. The molecule has 1 aromatic carbocycles. The van der Waals surface area contributed by atoms with Gasteiger partial charge in [-0.05, 0) is 51.8 Å². The Labute approximate surface area is 265 Å². The Hall–Kier alpha value is -3.84. The van der Waals surface area contributed by atoms with E-state index in [1.807, 2.05) is 60.8 Å². The number of aryl methyl sites for hydroxylation is 1. The zero-order valence-electron chi connectivity index (χ0n) is 27.4. The molecule has 2 aliphatic rings. The Kier molecular flexibility index (Phi) is 8.42. The molecule has 2 saturated heterocycles. The monoisotopic (exact) mass is 632 g/mol. The molecule has 3 aromatic heterocycles. The molecule has 13 heteroatoms. The zero-order chi connectivity index (χ0) is 31.9. The predicted molar refractivity (Wildman–Crippen MR) is 173 cm³/mol. The highest BCUT2D eigenvalue weighted by Gasteiger charge is 2.45. The van der Waals surface area contributed by atoms with Gasteiger partial charge in [-0.25, -0.2) is 9.48 Å². The Balaban J connectivity index is 1.20. The first-order valence-electron chi connectivity index (χ1n) is 15.8. The van der Waals surface area contributed by atoms with Crippen LogP contribution in [0.2, 0.25) is 25.7 Å². The van der Waals surface area contributed by atoms with Gasteiger partial charge >= 0.3 is 6.09 Å². The molecule has 0 spiro atoms. The lowest BCUT2D eigenvalue weighted by atomic mass is 10.00. The van der Waals surface area contributed by atoms with E-state index in [-0.39, 0.29) is 24.3 Å². The SMILES string of the molecule is Cn1ncc(-c2ccc(-c3ccc(OC4C[C@H]5CC[C@@H](C4)N5C(=O)OC(C)(C)C)nn3)c3c2cnn3COCC[Si](C)(C)C)n1. The summed E-state index contributed by atoms with van der Waals surface area (Å²) in [5, 5.41) is 23.5. The highest BCUT2D eigenvalue weighted by atomic mass is 28.3. The first-order valence-corrected chi connectivity index (χ1v) is 19.5. The average molecular weight is 633 g/mol. The minimum atomic E-state index is -1.22. The number of hydrogen-bond donors (Lipinski definition) is 0. The normalized spacial score (nSPS) is 20.2. The highest BCUT2D eigenvalue weighted by molar-refractivity contribution is 6.76. The molecule has 6 rings (SSSR count). The van der Waals surface area contributed by atoms with Crippen molar-refractivity contribution in [3.63, 3.8) is 0 Å². The quantitative estimate of drug-likeness (QED) is 0.164. The third kappa shape index (κ3) is 7.04. The van der Waals surface area contributed by atoms with E-state index in [4.69, 9.17) is 19.3 Å². The minimum absolute atomic E-state index is 0.0333. The van der Waals surface area contributed by atoms with Crippen LogP contribution >= 0.6 is 0 Å². The van der Waals surface area contributed by atoms with E-state index in [9.17, 15) is 4.79 Å². The summed E-state index contributed by atoms with van der Waals surface area (Å²) in [6.07, 6.45) is 6.78. The smallest absolute Gasteiger partial charge is 0.410 e. The van der Waals surface area contributed by atoms with Gasteiger partial charge in [0.15, 0.2) is 0 Å². The van der Waals surface area contributed by atoms with Crippen LogP contribution < -0.4 is 4.74 Å². The van der Waals surface area contributed by atoms with Crippen molar-refractivity contribution in [3.8, 4) is 28.4 Å². The van der Waals surface area contributed by atoms with Crippen LogP contribution in [0.15, 0.2) is 36.7 Å². The van der Waals surface area contributed by atoms with Crippen molar-refractivity contribution in [1.29, 1.82) is 0 Å². The fourth-order valence-corrected chi connectivity index (χ4v) is 7.02. The number of aromatic nitrogens is 7. The second kappa shape index (κ2) is 12.2. The number of nitrogens with zero attached hydrogens (tertiary/aromatic N) is 8. The van der Waals surface area contributed by atoms with Crippen LogP contribution in [0.1, 0.15) is 46.5 Å². The summed E-state index contributed by atoms with van der Waals surface area (Å²) in [5.74, 6) is 0.476. The van der Waals surface area contributed by atoms with Gasteiger partial charge in [-0.15, -0.1) is 10.2 Å². The Bertz CT molecular complexity index is 1640. The second-order valence-corrected chi connectivity index (χ2v) is 20.0. The maximum atomic E-state index is 12.8. The summed E-state index contributed by atoms with van der Waals surface area (Å²) < 4.78 is 20.0. The van der Waals surface area contributed by atoms with E-state index in [0.29, 0.717) is 24.9 Å². The second-order valence-electron chi connectivity index (χ2n) is 14.4. The van der Waals surface area contributed by atoms with Gasteiger partial charge in [-0.3, -0.25) is 0 Å². The maximum Gasteiger partial charge on any atom is 0.410 e. The zero-order valence-corrected chi connectivity index (χ0v) is 28.4. The Morgan fingerprint density at radius 1 is 0.956 bits per heavy atom. The molecular weight excluding hydrogens is 588 g/mol. The van der Waals surface area contributed by atoms with Crippen molar-refractivity contribution in [2.24, 2.45) is 7.05 Å². The lowest BCUT2D eigenvalue weighted by molar-refractivity contribution is -0.00771. The van der Waals surface area contributed by atoms with Crippen molar-refractivity contribution in [1.82, 2.24) is 39.9 Å².